The second-order valence-corrected chi connectivity index (χ2v) is 3.42. The summed E-state index contributed by atoms with van der Waals surface area (Å²) in [5.41, 5.74) is 7.95. The fourth-order valence-corrected chi connectivity index (χ4v) is 1.71. The fourth-order valence-electron chi connectivity index (χ4n) is 1.05. The summed E-state index contributed by atoms with van der Waals surface area (Å²) >= 11 is 1.56. The molecule has 3 heteroatoms. The normalized spacial score (nSPS) is 10.0. The van der Waals surface area contributed by atoms with E-state index in [0.29, 0.717) is 0 Å². The minimum Gasteiger partial charge on any atom is -0.391 e. The van der Waals surface area contributed by atoms with E-state index in [2.05, 4.69) is 4.98 Å². The average molecular weight is 176 g/mol. The third-order valence-electron chi connectivity index (χ3n) is 1.63. The van der Waals surface area contributed by atoms with E-state index in [0.717, 1.165) is 10.6 Å². The first kappa shape index (κ1) is 7.31. The smallest absolute Gasteiger partial charge is 0.0862 e. The lowest BCUT2D eigenvalue weighted by Gasteiger charge is -1.93. The van der Waals surface area contributed by atoms with E-state index in [9.17, 15) is 0 Å². The van der Waals surface area contributed by atoms with Crippen molar-refractivity contribution in [3.05, 3.63) is 36.0 Å². The minimum atomic E-state index is 0.849. The molecule has 0 spiro atoms. The Hall–Kier alpha value is -1.35. The summed E-state index contributed by atoms with van der Waals surface area (Å²) < 4.78 is 0. The molecule has 2 heterocycles. The predicted octanol–water partition coefficient (Wildman–Crippen LogP) is 2.39. The van der Waals surface area contributed by atoms with Crippen molar-refractivity contribution < 1.29 is 0 Å². The molecular formula is C9H8N2S. The van der Waals surface area contributed by atoms with Gasteiger partial charge in [0.1, 0.15) is 0 Å². The van der Waals surface area contributed by atoms with Crippen LogP contribution in [0.25, 0.3) is 11.1 Å². The fraction of sp³-hybridized carbons (Fsp3) is 0. The largest absolute Gasteiger partial charge is 0.391 e. The first-order valence-corrected chi connectivity index (χ1v) is 4.48. The van der Waals surface area contributed by atoms with Gasteiger partial charge in [0.2, 0.25) is 0 Å². The van der Waals surface area contributed by atoms with E-state index in [1.165, 1.54) is 5.56 Å². The number of nitrogen functional groups attached to an aromatic ring is 1. The number of aromatic nitrogens is 1. The lowest BCUT2D eigenvalue weighted by atomic mass is 10.1. The van der Waals surface area contributed by atoms with Crippen LogP contribution in [0, 0.1) is 0 Å². The highest BCUT2D eigenvalue weighted by Crippen LogP contribution is 2.25. The van der Waals surface area contributed by atoms with Gasteiger partial charge >= 0.3 is 0 Å². The molecule has 0 aliphatic carbocycles. The molecule has 0 saturated carbocycles. The van der Waals surface area contributed by atoms with Gasteiger partial charge in [-0.15, -0.1) is 11.3 Å². The quantitative estimate of drug-likeness (QED) is 0.724. The van der Waals surface area contributed by atoms with Crippen molar-refractivity contribution in [3.63, 3.8) is 0 Å². The van der Waals surface area contributed by atoms with Crippen LogP contribution in [0.1, 0.15) is 0 Å². The zero-order valence-electron chi connectivity index (χ0n) is 6.40. The Morgan fingerprint density at radius 1 is 1.17 bits per heavy atom. The maximum atomic E-state index is 5.62. The van der Waals surface area contributed by atoms with Crippen LogP contribution in [0.4, 0.5) is 5.00 Å². The van der Waals surface area contributed by atoms with Gasteiger partial charge in [-0.05, 0) is 29.3 Å². The second kappa shape index (κ2) is 2.95. The molecule has 2 nitrogen and oxygen atoms in total. The summed E-state index contributed by atoms with van der Waals surface area (Å²) in [5, 5.41) is 2.90. The number of anilines is 1. The molecule has 0 atom stereocenters. The number of rotatable bonds is 1. The van der Waals surface area contributed by atoms with Crippen LogP contribution < -0.4 is 5.73 Å². The molecule has 0 unspecified atom stereocenters. The van der Waals surface area contributed by atoms with Gasteiger partial charge in [-0.25, -0.2) is 0 Å². The lowest BCUT2D eigenvalue weighted by Crippen LogP contribution is -1.76. The van der Waals surface area contributed by atoms with E-state index < -0.39 is 0 Å². The number of pyridine rings is 1. The molecule has 2 rings (SSSR count). The molecule has 0 bridgehead atoms. The molecule has 0 aromatic carbocycles. The van der Waals surface area contributed by atoms with Gasteiger partial charge < -0.3 is 5.73 Å². The van der Waals surface area contributed by atoms with Crippen molar-refractivity contribution in [1.82, 2.24) is 4.98 Å². The molecule has 2 aromatic heterocycles. The molecule has 0 aliphatic heterocycles. The van der Waals surface area contributed by atoms with Gasteiger partial charge in [0.05, 0.1) is 5.00 Å². The molecule has 0 fully saturated rings. The van der Waals surface area contributed by atoms with Crippen molar-refractivity contribution in [1.29, 1.82) is 0 Å². The highest BCUT2D eigenvalue weighted by Gasteiger charge is 1.98. The van der Waals surface area contributed by atoms with Crippen molar-refractivity contribution in [3.8, 4) is 11.1 Å². The first-order chi connectivity index (χ1) is 5.86. The summed E-state index contributed by atoms with van der Waals surface area (Å²) in [6.07, 6.45) is 3.56. The average Bonchev–Trinajstić information content (AvgIpc) is 2.54. The Morgan fingerprint density at radius 2 is 1.92 bits per heavy atom. The van der Waals surface area contributed by atoms with Gasteiger partial charge in [-0.2, -0.15) is 0 Å². The van der Waals surface area contributed by atoms with Crippen LogP contribution >= 0.6 is 11.3 Å². The molecular weight excluding hydrogens is 168 g/mol. The summed E-state index contributed by atoms with van der Waals surface area (Å²) in [6, 6.07) is 5.92. The van der Waals surface area contributed by atoms with Gasteiger partial charge in [-0.3, -0.25) is 4.98 Å². The SMILES string of the molecule is Nc1cc(-c2ccncc2)cs1. The minimum absolute atomic E-state index is 0.849. The molecule has 0 saturated heterocycles. The van der Waals surface area contributed by atoms with Crippen LogP contribution in [0.3, 0.4) is 0 Å². The molecule has 0 radical (unpaired) electrons. The Labute approximate surface area is 74.7 Å². The molecule has 2 N–H and O–H groups in total. The van der Waals surface area contributed by atoms with Crippen LogP contribution in [-0.4, -0.2) is 4.98 Å². The van der Waals surface area contributed by atoms with Gasteiger partial charge in [0.15, 0.2) is 0 Å². The van der Waals surface area contributed by atoms with Gasteiger partial charge in [0, 0.05) is 17.8 Å². The van der Waals surface area contributed by atoms with Crippen molar-refractivity contribution in [2.24, 2.45) is 0 Å². The molecule has 0 aliphatic rings. The molecule has 0 amide bonds. The van der Waals surface area contributed by atoms with Crippen molar-refractivity contribution in [2.75, 3.05) is 5.73 Å². The van der Waals surface area contributed by atoms with Gasteiger partial charge in [-0.1, -0.05) is 0 Å². The number of nitrogens with two attached hydrogens (primary N) is 1. The maximum Gasteiger partial charge on any atom is 0.0862 e. The van der Waals surface area contributed by atoms with E-state index in [4.69, 9.17) is 5.73 Å². The first-order valence-electron chi connectivity index (χ1n) is 3.60. The Kier molecular flexibility index (Phi) is 1.80. The lowest BCUT2D eigenvalue weighted by molar-refractivity contribution is 1.33. The topological polar surface area (TPSA) is 38.9 Å². The molecule has 60 valence electrons. The van der Waals surface area contributed by atoms with Gasteiger partial charge in [0.25, 0.3) is 0 Å². The number of nitrogens with zero attached hydrogens (tertiary/aromatic N) is 1. The summed E-state index contributed by atoms with van der Waals surface area (Å²) in [7, 11) is 0. The van der Waals surface area contributed by atoms with Crippen LogP contribution in [-0.2, 0) is 0 Å². The summed E-state index contributed by atoms with van der Waals surface area (Å²) in [6.45, 7) is 0. The standard InChI is InChI=1S/C9H8N2S/c10-9-5-8(6-12-9)7-1-3-11-4-2-7/h1-6H,10H2. The predicted molar refractivity (Wildman–Crippen MR) is 52.0 cm³/mol. The van der Waals surface area contributed by atoms with E-state index in [1.807, 2.05) is 23.6 Å². The van der Waals surface area contributed by atoms with Crippen molar-refractivity contribution >= 4 is 16.3 Å². The molecule has 12 heavy (non-hydrogen) atoms. The highest BCUT2D eigenvalue weighted by atomic mass is 32.1. The monoisotopic (exact) mass is 176 g/mol. The van der Waals surface area contributed by atoms with Crippen LogP contribution in [0.2, 0.25) is 0 Å². The summed E-state index contributed by atoms with van der Waals surface area (Å²) in [4.78, 5) is 3.95. The second-order valence-electron chi connectivity index (χ2n) is 2.47. The Morgan fingerprint density at radius 3 is 2.50 bits per heavy atom. The van der Waals surface area contributed by atoms with Crippen molar-refractivity contribution in [2.45, 2.75) is 0 Å². The maximum absolute atomic E-state index is 5.62. The Balaban J connectivity index is 2.45. The number of hydrogen-bond acceptors (Lipinski definition) is 3. The molecule has 2 aromatic rings. The zero-order valence-corrected chi connectivity index (χ0v) is 7.21. The highest BCUT2D eigenvalue weighted by molar-refractivity contribution is 7.14. The van der Waals surface area contributed by atoms with E-state index in [-0.39, 0.29) is 0 Å². The number of hydrogen-bond donors (Lipinski definition) is 1. The number of thiophene rings is 1. The zero-order chi connectivity index (χ0) is 8.39. The third kappa shape index (κ3) is 1.31. The van der Waals surface area contributed by atoms with E-state index >= 15 is 0 Å². The third-order valence-corrected chi connectivity index (χ3v) is 2.40. The van der Waals surface area contributed by atoms with Crippen LogP contribution in [0.15, 0.2) is 36.0 Å². The summed E-state index contributed by atoms with van der Waals surface area (Å²) in [5.74, 6) is 0. The van der Waals surface area contributed by atoms with E-state index in [1.54, 1.807) is 23.7 Å². The Bertz CT molecular complexity index is 367. The van der Waals surface area contributed by atoms with Crippen LogP contribution in [0.5, 0.6) is 0 Å².